The van der Waals surface area contributed by atoms with Crippen LogP contribution >= 0.6 is 0 Å². The van der Waals surface area contributed by atoms with Gasteiger partial charge in [-0.1, -0.05) is 25.1 Å². The van der Waals surface area contributed by atoms with Crippen LogP contribution in [0.25, 0.3) is 0 Å². The van der Waals surface area contributed by atoms with Crippen molar-refractivity contribution in [1.82, 2.24) is 0 Å². The smallest absolute Gasteiger partial charge is 0.336 e. The van der Waals surface area contributed by atoms with Crippen LogP contribution in [-0.4, -0.2) is 11.1 Å². The Hall–Kier alpha value is -1.57. The quantitative estimate of drug-likeness (QED) is 0.804. The minimum absolute atomic E-state index is 0.183. The summed E-state index contributed by atoms with van der Waals surface area (Å²) in [4.78, 5) is 10.8. The molecule has 2 heteroatoms. The molecule has 0 saturated carbocycles. The highest BCUT2D eigenvalue weighted by Gasteiger charge is 2.30. The molecular formula is C15H17O2. The number of carboxylic acids is 1. The molecule has 1 aliphatic carbocycles. The third-order valence-electron chi connectivity index (χ3n) is 3.80. The zero-order valence-electron chi connectivity index (χ0n) is 10.1. The number of benzene rings is 1. The maximum atomic E-state index is 10.8. The van der Waals surface area contributed by atoms with E-state index in [0.717, 1.165) is 25.7 Å². The van der Waals surface area contributed by atoms with Gasteiger partial charge in [0.1, 0.15) is 0 Å². The van der Waals surface area contributed by atoms with E-state index in [9.17, 15) is 4.79 Å². The van der Waals surface area contributed by atoms with E-state index < -0.39 is 5.97 Å². The Morgan fingerprint density at radius 3 is 2.76 bits per heavy atom. The van der Waals surface area contributed by atoms with E-state index in [1.54, 1.807) is 6.07 Å². The number of aromatic carboxylic acids is 1. The van der Waals surface area contributed by atoms with Crippen LogP contribution in [0.3, 0.4) is 0 Å². The lowest BCUT2D eigenvalue weighted by atomic mass is 9.70. The van der Waals surface area contributed by atoms with Gasteiger partial charge in [-0.15, -0.1) is 0 Å². The van der Waals surface area contributed by atoms with Crippen molar-refractivity contribution in [3.8, 4) is 0 Å². The Morgan fingerprint density at radius 2 is 2.29 bits per heavy atom. The summed E-state index contributed by atoms with van der Waals surface area (Å²) in [5.74, 6) is -0.911. The van der Waals surface area contributed by atoms with Crippen LogP contribution < -0.4 is 0 Å². The Kier molecular flexibility index (Phi) is 3.32. The average Bonchev–Trinajstić information content (AvgIpc) is 2.39. The van der Waals surface area contributed by atoms with Gasteiger partial charge in [-0.05, 0) is 54.9 Å². The number of hydrogen-bond donors (Lipinski definition) is 1. The van der Waals surface area contributed by atoms with Gasteiger partial charge in [0.25, 0.3) is 0 Å². The molecule has 1 aromatic rings. The highest BCUT2D eigenvalue weighted by Crippen LogP contribution is 2.39. The Morgan fingerprint density at radius 1 is 1.47 bits per heavy atom. The maximum absolute atomic E-state index is 10.8. The average molecular weight is 229 g/mol. The molecule has 1 aromatic carbocycles. The van der Waals surface area contributed by atoms with Crippen molar-refractivity contribution in [2.24, 2.45) is 0 Å². The van der Waals surface area contributed by atoms with Gasteiger partial charge in [-0.3, -0.25) is 0 Å². The monoisotopic (exact) mass is 229 g/mol. The summed E-state index contributed by atoms with van der Waals surface area (Å²) in [6, 6.07) is 8.33. The van der Waals surface area contributed by atoms with Crippen LogP contribution in [-0.2, 0) is 5.41 Å². The van der Waals surface area contributed by atoms with Gasteiger partial charge < -0.3 is 5.11 Å². The van der Waals surface area contributed by atoms with Crippen molar-refractivity contribution < 1.29 is 9.90 Å². The molecule has 2 rings (SSSR count). The molecule has 0 fully saturated rings. The maximum Gasteiger partial charge on any atom is 0.336 e. The molecule has 0 spiro atoms. The molecule has 0 aromatic heterocycles. The van der Waals surface area contributed by atoms with Crippen LogP contribution in [0.2, 0.25) is 0 Å². The summed E-state index contributed by atoms with van der Waals surface area (Å²) in [5, 5.41) is 8.87. The Balaban J connectivity index is 2.31. The summed E-state index contributed by atoms with van der Waals surface area (Å²) >= 11 is 0. The second-order valence-corrected chi connectivity index (χ2v) is 4.64. The van der Waals surface area contributed by atoms with Crippen molar-refractivity contribution in [3.63, 3.8) is 0 Å². The van der Waals surface area contributed by atoms with E-state index in [0.29, 0.717) is 0 Å². The van der Waals surface area contributed by atoms with E-state index in [2.05, 4.69) is 25.1 Å². The molecule has 1 atom stereocenters. The van der Waals surface area contributed by atoms with E-state index in [1.165, 1.54) is 5.56 Å². The van der Waals surface area contributed by atoms with Gasteiger partial charge in [0, 0.05) is 0 Å². The first-order valence-electron chi connectivity index (χ1n) is 6.08. The lowest BCUT2D eigenvalue weighted by Crippen LogP contribution is -2.26. The molecule has 0 heterocycles. The van der Waals surface area contributed by atoms with E-state index >= 15 is 0 Å². The lowest BCUT2D eigenvalue weighted by Gasteiger charge is -2.34. The normalized spacial score (nSPS) is 23.6. The van der Waals surface area contributed by atoms with Gasteiger partial charge in [0.05, 0.1) is 5.56 Å². The lowest BCUT2D eigenvalue weighted by molar-refractivity contribution is 0.0696. The first-order chi connectivity index (χ1) is 8.18. The fourth-order valence-electron chi connectivity index (χ4n) is 2.56. The molecule has 1 radical (unpaired) electrons. The molecular weight excluding hydrogens is 212 g/mol. The Bertz CT molecular complexity index is 431. The first kappa shape index (κ1) is 11.9. The van der Waals surface area contributed by atoms with Crippen LogP contribution in [0.15, 0.2) is 30.4 Å². The summed E-state index contributed by atoms with van der Waals surface area (Å²) in [6.45, 7) is 2.20. The van der Waals surface area contributed by atoms with Gasteiger partial charge in [0.15, 0.2) is 0 Å². The Labute approximate surface area is 102 Å². The predicted molar refractivity (Wildman–Crippen MR) is 67.2 cm³/mol. The molecule has 1 N–H and O–H groups in total. The predicted octanol–water partition coefficient (Wildman–Crippen LogP) is 3.57. The third-order valence-corrected chi connectivity index (χ3v) is 3.80. The second kappa shape index (κ2) is 4.74. The zero-order chi connectivity index (χ0) is 12.3. The van der Waals surface area contributed by atoms with Crippen molar-refractivity contribution in [3.05, 3.63) is 47.5 Å². The fourth-order valence-corrected chi connectivity index (χ4v) is 2.56. The highest BCUT2D eigenvalue weighted by atomic mass is 16.4. The van der Waals surface area contributed by atoms with Crippen LogP contribution in [0.4, 0.5) is 0 Å². The van der Waals surface area contributed by atoms with Gasteiger partial charge >= 0.3 is 5.97 Å². The van der Waals surface area contributed by atoms with E-state index in [4.69, 9.17) is 5.11 Å². The van der Waals surface area contributed by atoms with Crippen molar-refractivity contribution >= 4 is 5.97 Å². The number of carboxylic acid groups (broad SMARTS) is 1. The van der Waals surface area contributed by atoms with Crippen molar-refractivity contribution in [2.45, 2.75) is 38.0 Å². The number of rotatable bonds is 3. The zero-order valence-corrected chi connectivity index (χ0v) is 10.1. The van der Waals surface area contributed by atoms with Crippen molar-refractivity contribution in [1.29, 1.82) is 0 Å². The van der Waals surface area contributed by atoms with Crippen LogP contribution in [0.1, 0.15) is 48.5 Å². The molecule has 17 heavy (non-hydrogen) atoms. The fraction of sp³-hybridized carbons (Fsp3) is 0.400. The summed E-state index contributed by atoms with van der Waals surface area (Å²) < 4.78 is 0. The SMILES string of the molecule is CCC1(c2c[c]c(C(=O)O)cc2)CC=CCC1. The van der Waals surface area contributed by atoms with Crippen molar-refractivity contribution in [2.75, 3.05) is 0 Å². The molecule has 1 aliphatic rings. The van der Waals surface area contributed by atoms with E-state index in [1.807, 2.05) is 12.1 Å². The number of carbonyl (C=O) groups is 1. The standard InChI is InChI=1S/C15H17O2/c1-2-15(10-4-3-5-11-15)13-8-6-12(7-9-13)14(16)17/h3-4,6,8-9H,2,5,10-11H2,1H3,(H,16,17). The number of allylic oxidation sites excluding steroid dienone is 2. The molecule has 0 saturated heterocycles. The summed E-state index contributed by atoms with van der Waals surface area (Å²) in [6.07, 6.45) is 8.83. The summed E-state index contributed by atoms with van der Waals surface area (Å²) in [7, 11) is 0. The van der Waals surface area contributed by atoms with Gasteiger partial charge in [-0.2, -0.15) is 0 Å². The van der Waals surface area contributed by atoms with Gasteiger partial charge in [-0.25, -0.2) is 4.79 Å². The molecule has 1 unspecified atom stereocenters. The molecule has 2 nitrogen and oxygen atoms in total. The van der Waals surface area contributed by atoms with Crippen LogP contribution in [0, 0.1) is 6.07 Å². The molecule has 0 amide bonds. The van der Waals surface area contributed by atoms with E-state index in [-0.39, 0.29) is 11.0 Å². The molecule has 0 aliphatic heterocycles. The summed E-state index contributed by atoms with van der Waals surface area (Å²) in [5.41, 5.74) is 1.64. The molecule has 89 valence electrons. The minimum Gasteiger partial charge on any atom is -0.478 e. The second-order valence-electron chi connectivity index (χ2n) is 4.64. The largest absolute Gasteiger partial charge is 0.478 e. The van der Waals surface area contributed by atoms with Crippen LogP contribution in [0.5, 0.6) is 0 Å². The molecule has 0 bridgehead atoms. The third kappa shape index (κ3) is 2.26. The minimum atomic E-state index is -0.911. The highest BCUT2D eigenvalue weighted by molar-refractivity contribution is 5.87. The first-order valence-corrected chi connectivity index (χ1v) is 6.08. The topological polar surface area (TPSA) is 37.3 Å². The van der Waals surface area contributed by atoms with Gasteiger partial charge in [0.2, 0.25) is 0 Å². The number of hydrogen-bond acceptors (Lipinski definition) is 1.